The predicted molar refractivity (Wildman–Crippen MR) is 195 cm³/mol. The molecule has 0 aliphatic rings. The highest BCUT2D eigenvalue weighted by Crippen LogP contribution is 2.18. The summed E-state index contributed by atoms with van der Waals surface area (Å²) in [5.41, 5.74) is 3.17. The van der Waals surface area contributed by atoms with E-state index in [1.807, 2.05) is 36.5 Å². The normalized spacial score (nSPS) is 10.9. The fourth-order valence-electron chi connectivity index (χ4n) is 5.43. The summed E-state index contributed by atoms with van der Waals surface area (Å²) in [5.74, 6) is 1.28. The number of pyridine rings is 1. The molecule has 0 radical (unpaired) electrons. The number of alkyl halides is 1. The second-order valence-corrected chi connectivity index (χ2v) is 12.4. The Morgan fingerprint density at radius 3 is 1.75 bits per heavy atom. The van der Waals surface area contributed by atoms with Gasteiger partial charge in [-0.15, -0.1) is 17.0 Å². The Kier molecular flexibility index (Phi) is 21.0. The first-order valence-corrected chi connectivity index (χ1v) is 18.0. The molecule has 0 bridgehead atoms. The third-order valence-corrected chi connectivity index (χ3v) is 8.67. The van der Waals surface area contributed by atoms with Gasteiger partial charge >= 0.3 is 0 Å². The second-order valence-electron chi connectivity index (χ2n) is 11.8. The van der Waals surface area contributed by atoms with Gasteiger partial charge in [0, 0.05) is 23.6 Å². The molecule has 0 spiro atoms. The number of halogens is 2. The molecule has 0 unspecified atom stereocenters. The van der Waals surface area contributed by atoms with Crippen LogP contribution in [0.2, 0.25) is 0 Å². The lowest BCUT2D eigenvalue weighted by Crippen LogP contribution is -2.16. The zero-order chi connectivity index (χ0) is 30.4. The van der Waals surface area contributed by atoms with Gasteiger partial charge in [-0.3, -0.25) is 4.79 Å². The van der Waals surface area contributed by atoms with Crippen LogP contribution in [0.4, 0.5) is 0 Å². The minimum Gasteiger partial charge on any atom is -0.489 e. The lowest BCUT2D eigenvalue weighted by Gasteiger charge is -2.15. The minimum atomic E-state index is -0.0492. The molecule has 0 aliphatic heterocycles. The molecule has 0 aliphatic carbocycles. The van der Waals surface area contributed by atoms with E-state index in [1.165, 1.54) is 89.9 Å². The van der Waals surface area contributed by atoms with Gasteiger partial charge in [-0.1, -0.05) is 162 Å². The first-order chi connectivity index (χ1) is 21.2. The summed E-state index contributed by atoms with van der Waals surface area (Å²) in [6.45, 7) is 4.09. The van der Waals surface area contributed by atoms with E-state index < -0.39 is 0 Å². The molecular weight excluding hydrogens is 678 g/mol. The average molecular weight is 734 g/mol. The van der Waals surface area contributed by atoms with Crippen LogP contribution in [0.25, 0.3) is 0 Å². The molecule has 3 rings (SSSR count). The topological polar surface area (TPSA) is 40.5 Å². The molecule has 0 amide bonds. The fraction of sp³-hybridized carbons (Fsp3) is 0.553. The van der Waals surface area contributed by atoms with Gasteiger partial charge in [0.1, 0.15) is 12.4 Å². The summed E-state index contributed by atoms with van der Waals surface area (Å²) >= 11 is 3.54. The third kappa shape index (κ3) is 15.8. The van der Waals surface area contributed by atoms with Crippen molar-refractivity contribution in [2.45, 2.75) is 128 Å². The molecular formula is C38H55Br2NO3. The van der Waals surface area contributed by atoms with Crippen molar-refractivity contribution in [2.75, 3.05) is 6.61 Å². The second kappa shape index (κ2) is 24.2. The van der Waals surface area contributed by atoms with Crippen molar-refractivity contribution < 1.29 is 9.47 Å². The Hall–Kier alpha value is -2.05. The molecule has 0 atom stereocenters. The molecule has 4 nitrogen and oxygen atoms in total. The van der Waals surface area contributed by atoms with E-state index in [0.29, 0.717) is 30.8 Å². The maximum atomic E-state index is 12.7. The largest absolute Gasteiger partial charge is 0.489 e. The number of hydrogen-bond donors (Lipinski definition) is 0. The van der Waals surface area contributed by atoms with Crippen molar-refractivity contribution in [3.05, 3.63) is 93.9 Å². The highest BCUT2D eigenvalue weighted by atomic mass is 79.9. The quantitative estimate of drug-likeness (QED) is 0.0680. The number of aromatic nitrogens is 1. The van der Waals surface area contributed by atoms with E-state index in [4.69, 9.17) is 9.47 Å². The zero-order valence-electron chi connectivity index (χ0n) is 27.0. The molecule has 6 heteroatoms. The molecule has 2 aromatic carbocycles. The van der Waals surface area contributed by atoms with Crippen LogP contribution in [-0.4, -0.2) is 11.2 Å². The number of ether oxygens (including phenoxy) is 2. The van der Waals surface area contributed by atoms with Crippen LogP contribution < -0.4 is 14.9 Å². The summed E-state index contributed by atoms with van der Waals surface area (Å²) < 4.78 is 14.0. The lowest BCUT2D eigenvalue weighted by molar-refractivity contribution is 0.298. The maximum absolute atomic E-state index is 12.7. The van der Waals surface area contributed by atoms with E-state index in [1.54, 1.807) is 6.07 Å². The van der Waals surface area contributed by atoms with Crippen LogP contribution >= 0.6 is 32.9 Å². The summed E-state index contributed by atoms with van der Waals surface area (Å²) in [5, 5.41) is 0.611. The summed E-state index contributed by atoms with van der Waals surface area (Å²) in [6.07, 6.45) is 23.4. The van der Waals surface area contributed by atoms with E-state index in [-0.39, 0.29) is 22.4 Å². The fourth-order valence-corrected chi connectivity index (χ4v) is 5.91. The smallest absolute Gasteiger partial charge is 0.223 e. The van der Waals surface area contributed by atoms with Crippen molar-refractivity contribution in [3.63, 3.8) is 0 Å². The Morgan fingerprint density at radius 1 is 0.659 bits per heavy atom. The molecule has 0 saturated heterocycles. The summed E-state index contributed by atoms with van der Waals surface area (Å²) in [7, 11) is 0. The van der Waals surface area contributed by atoms with Crippen molar-refractivity contribution >= 4 is 32.9 Å². The Bertz CT molecular complexity index is 1180. The Labute approximate surface area is 285 Å². The van der Waals surface area contributed by atoms with Crippen molar-refractivity contribution in [3.8, 4) is 11.5 Å². The highest BCUT2D eigenvalue weighted by molar-refractivity contribution is 9.08. The van der Waals surface area contributed by atoms with Gasteiger partial charge in [0.15, 0.2) is 5.75 Å². The monoisotopic (exact) mass is 731 g/mol. The summed E-state index contributed by atoms with van der Waals surface area (Å²) in [6, 6.07) is 20.0. The molecule has 1 aromatic heterocycles. The van der Waals surface area contributed by atoms with Crippen LogP contribution in [0.3, 0.4) is 0 Å². The van der Waals surface area contributed by atoms with Crippen LogP contribution in [0.5, 0.6) is 11.5 Å². The first kappa shape index (κ1) is 38.1. The van der Waals surface area contributed by atoms with Crippen LogP contribution in [0.15, 0.2) is 71.7 Å². The number of unbranched alkanes of at least 4 members (excludes halogenated alkanes) is 15. The Morgan fingerprint density at radius 2 is 1.20 bits per heavy atom. The molecule has 44 heavy (non-hydrogen) atoms. The molecule has 3 aromatic rings. The maximum Gasteiger partial charge on any atom is 0.223 e. The average Bonchev–Trinajstić information content (AvgIpc) is 3.03. The highest BCUT2D eigenvalue weighted by Gasteiger charge is 2.09. The SMILES string of the molecule is Br.CCCCCCCCCCCCCCCCCCOc1cn(Cc2ccc(OCc3ccccc3)cc2)c(CBr)cc1=O. The van der Waals surface area contributed by atoms with Gasteiger partial charge in [-0.05, 0) is 29.7 Å². The zero-order valence-corrected chi connectivity index (χ0v) is 30.3. The van der Waals surface area contributed by atoms with Crippen molar-refractivity contribution in [1.29, 1.82) is 0 Å². The first-order valence-electron chi connectivity index (χ1n) is 16.9. The molecule has 0 fully saturated rings. The van der Waals surface area contributed by atoms with Gasteiger partial charge in [0.05, 0.1) is 12.8 Å². The van der Waals surface area contributed by atoms with E-state index in [0.717, 1.165) is 35.4 Å². The van der Waals surface area contributed by atoms with Gasteiger partial charge in [-0.25, -0.2) is 0 Å². The molecule has 0 saturated carbocycles. The van der Waals surface area contributed by atoms with Crippen molar-refractivity contribution in [2.24, 2.45) is 0 Å². The van der Waals surface area contributed by atoms with Gasteiger partial charge in [-0.2, -0.15) is 0 Å². The lowest BCUT2D eigenvalue weighted by atomic mass is 10.0. The van der Waals surface area contributed by atoms with Gasteiger partial charge in [0.2, 0.25) is 5.43 Å². The van der Waals surface area contributed by atoms with Gasteiger partial charge in [0.25, 0.3) is 0 Å². The predicted octanol–water partition coefficient (Wildman–Crippen LogP) is 11.6. The Balaban J connectivity index is 0.00000675. The number of rotatable bonds is 24. The minimum absolute atomic E-state index is 0. The van der Waals surface area contributed by atoms with Crippen molar-refractivity contribution in [1.82, 2.24) is 4.57 Å². The van der Waals surface area contributed by atoms with E-state index >= 15 is 0 Å². The third-order valence-electron chi connectivity index (χ3n) is 8.10. The number of nitrogens with zero attached hydrogens (tertiary/aromatic N) is 1. The van der Waals surface area contributed by atoms with E-state index in [2.05, 4.69) is 51.7 Å². The summed E-state index contributed by atoms with van der Waals surface area (Å²) in [4.78, 5) is 12.7. The molecule has 0 N–H and O–H groups in total. The van der Waals surface area contributed by atoms with E-state index in [9.17, 15) is 4.79 Å². The standard InChI is InChI=1S/C38H54BrNO3.BrH/c1-2-3-4-5-6-7-8-9-10-11-12-13-14-15-16-20-27-42-38-31-40(35(29-39)28-37(38)41)30-33-23-25-36(26-24-33)43-32-34-21-18-17-19-22-34;/h17-19,21-26,28,31H,2-16,20,27,29-30,32H2,1H3;1H. The van der Waals surface area contributed by atoms with Crippen LogP contribution in [-0.2, 0) is 18.5 Å². The van der Waals surface area contributed by atoms with Crippen LogP contribution in [0.1, 0.15) is 126 Å². The number of hydrogen-bond acceptors (Lipinski definition) is 3. The van der Waals surface area contributed by atoms with Gasteiger partial charge < -0.3 is 14.0 Å². The van der Waals surface area contributed by atoms with Crippen LogP contribution in [0, 0.1) is 0 Å². The number of benzene rings is 2. The molecule has 244 valence electrons. The molecule has 1 heterocycles.